The lowest BCUT2D eigenvalue weighted by atomic mass is 9.43. The third-order valence-electron chi connectivity index (χ3n) is 13.2. The summed E-state index contributed by atoms with van der Waals surface area (Å²) in [7, 11) is 0. The van der Waals surface area contributed by atoms with Crippen LogP contribution in [0.3, 0.4) is 0 Å². The van der Waals surface area contributed by atoms with Gasteiger partial charge in [-0.2, -0.15) is 0 Å². The van der Waals surface area contributed by atoms with E-state index >= 15 is 0 Å². The predicted molar refractivity (Wildman–Crippen MR) is 175 cm³/mol. The van der Waals surface area contributed by atoms with Gasteiger partial charge in [-0.05, 0) is 128 Å². The molecule has 5 rings (SSSR count). The predicted octanol–water partition coefficient (Wildman–Crippen LogP) is 4.76. The number of carboxylic acid groups (broad SMARTS) is 2. The zero-order valence-corrected chi connectivity index (χ0v) is 28.1. The van der Waals surface area contributed by atoms with E-state index in [4.69, 9.17) is 5.11 Å². The van der Waals surface area contributed by atoms with Gasteiger partial charge in [0.25, 0.3) is 0 Å². The number of hydrogen-bond donors (Lipinski definition) is 6. The van der Waals surface area contributed by atoms with Gasteiger partial charge < -0.3 is 31.1 Å². The number of carbonyl (C=O) groups is 4. The van der Waals surface area contributed by atoms with Crippen molar-refractivity contribution in [3.63, 3.8) is 0 Å². The lowest BCUT2D eigenvalue weighted by Gasteiger charge is -2.62. The second-order valence-corrected chi connectivity index (χ2v) is 15.7. The third-order valence-corrected chi connectivity index (χ3v) is 13.2. The molecule has 2 amide bonds. The maximum atomic E-state index is 12.9. The fourth-order valence-corrected chi connectivity index (χ4v) is 10.6. The average molecular weight is 655 g/mol. The Morgan fingerprint density at radius 1 is 0.894 bits per heavy atom. The molecule has 0 aliphatic heterocycles. The molecule has 4 saturated carbocycles. The number of rotatable bonds is 12. The van der Waals surface area contributed by atoms with E-state index in [0.717, 1.165) is 51.4 Å². The van der Waals surface area contributed by atoms with Gasteiger partial charge in [-0.1, -0.05) is 32.9 Å². The molecule has 10 heteroatoms. The molecule has 0 saturated heterocycles. The number of aliphatic hydroxyl groups excluding tert-OH is 2. The molecule has 0 heterocycles. The van der Waals surface area contributed by atoms with E-state index in [-0.39, 0.29) is 78.1 Å². The number of nitrogens with one attached hydrogen (secondary N) is 2. The SMILES string of the molecule is C[C@H](CCC(=O)N[C@@H](CCC(=O)NCc1cccc(C(=O)O)c1)C(=O)O)[C@H]1CC[C@H]2[C@@H]3[C@H](O)C[C@H]4C[C@H](O)CC[C@]4(C)[C@H]3CC[C@]12C. The van der Waals surface area contributed by atoms with Crippen molar-refractivity contribution in [3.8, 4) is 0 Å². The molecule has 47 heavy (non-hydrogen) atoms. The quantitative estimate of drug-likeness (QED) is 0.187. The minimum Gasteiger partial charge on any atom is -0.480 e. The number of aromatic carboxylic acids is 1. The number of fused-ring (bicyclic) bond motifs is 5. The van der Waals surface area contributed by atoms with Crippen LogP contribution in [0, 0.1) is 46.3 Å². The first-order chi connectivity index (χ1) is 22.2. The Kier molecular flexibility index (Phi) is 10.7. The molecule has 1 aromatic rings. The second kappa shape index (κ2) is 14.2. The van der Waals surface area contributed by atoms with Gasteiger partial charge in [0.15, 0.2) is 0 Å². The monoisotopic (exact) mass is 654 g/mol. The van der Waals surface area contributed by atoms with Crippen molar-refractivity contribution in [2.75, 3.05) is 0 Å². The van der Waals surface area contributed by atoms with Crippen LogP contribution in [0.5, 0.6) is 0 Å². The Balaban J connectivity index is 1.10. The molecule has 6 N–H and O–H groups in total. The van der Waals surface area contributed by atoms with E-state index in [2.05, 4.69) is 31.4 Å². The zero-order valence-electron chi connectivity index (χ0n) is 28.1. The minimum absolute atomic E-state index is 0.0520. The highest BCUT2D eigenvalue weighted by molar-refractivity contribution is 5.88. The van der Waals surface area contributed by atoms with E-state index < -0.39 is 18.0 Å². The largest absolute Gasteiger partial charge is 0.480 e. The number of amides is 2. The number of carbonyl (C=O) groups excluding carboxylic acids is 2. The summed E-state index contributed by atoms with van der Waals surface area (Å²) in [4.78, 5) is 48.4. The number of benzene rings is 1. The van der Waals surface area contributed by atoms with Gasteiger partial charge in [0.2, 0.25) is 11.8 Å². The van der Waals surface area contributed by atoms with Crippen LogP contribution in [0.1, 0.15) is 114 Å². The van der Waals surface area contributed by atoms with Crippen molar-refractivity contribution in [2.45, 2.75) is 123 Å². The van der Waals surface area contributed by atoms with Gasteiger partial charge in [0.05, 0.1) is 17.8 Å². The first kappa shape index (κ1) is 35.3. The molecule has 0 unspecified atom stereocenters. The normalized spacial score (nSPS) is 35.8. The van der Waals surface area contributed by atoms with Crippen molar-refractivity contribution < 1.29 is 39.6 Å². The molecule has 0 aromatic heterocycles. The molecule has 4 aliphatic carbocycles. The molecule has 11 atom stereocenters. The molecular weight excluding hydrogens is 600 g/mol. The summed E-state index contributed by atoms with van der Waals surface area (Å²) in [6, 6.07) is 5.05. The van der Waals surface area contributed by atoms with E-state index in [0.29, 0.717) is 35.7 Å². The van der Waals surface area contributed by atoms with Crippen LogP contribution in [0.15, 0.2) is 24.3 Å². The van der Waals surface area contributed by atoms with Gasteiger partial charge in [0, 0.05) is 19.4 Å². The Hall–Kier alpha value is -2.98. The van der Waals surface area contributed by atoms with E-state index in [1.54, 1.807) is 12.1 Å². The van der Waals surface area contributed by atoms with Crippen molar-refractivity contribution in [1.82, 2.24) is 10.6 Å². The van der Waals surface area contributed by atoms with Crippen LogP contribution in [0.25, 0.3) is 0 Å². The minimum atomic E-state index is -1.19. The van der Waals surface area contributed by atoms with Gasteiger partial charge in [-0.3, -0.25) is 9.59 Å². The Labute approximate surface area is 278 Å². The van der Waals surface area contributed by atoms with E-state index in [1.165, 1.54) is 12.1 Å². The number of hydrogen-bond acceptors (Lipinski definition) is 6. The van der Waals surface area contributed by atoms with Gasteiger partial charge >= 0.3 is 11.9 Å². The lowest BCUT2D eigenvalue weighted by molar-refractivity contribution is -0.174. The highest BCUT2D eigenvalue weighted by Gasteiger charge is 2.62. The summed E-state index contributed by atoms with van der Waals surface area (Å²) >= 11 is 0. The molecule has 0 radical (unpaired) electrons. The molecule has 0 bridgehead atoms. The van der Waals surface area contributed by atoms with Crippen molar-refractivity contribution in [1.29, 1.82) is 0 Å². The third kappa shape index (κ3) is 7.38. The van der Waals surface area contributed by atoms with Crippen LogP contribution in [0.2, 0.25) is 0 Å². The highest BCUT2D eigenvalue weighted by Crippen LogP contribution is 2.68. The van der Waals surface area contributed by atoms with Gasteiger partial charge in [-0.15, -0.1) is 0 Å². The van der Waals surface area contributed by atoms with Gasteiger partial charge in [-0.25, -0.2) is 9.59 Å². The summed E-state index contributed by atoms with van der Waals surface area (Å²) in [6.45, 7) is 7.15. The average Bonchev–Trinajstić information content (AvgIpc) is 3.38. The zero-order chi connectivity index (χ0) is 34.1. The van der Waals surface area contributed by atoms with Crippen LogP contribution < -0.4 is 10.6 Å². The topological polar surface area (TPSA) is 173 Å². The maximum Gasteiger partial charge on any atom is 0.335 e. The summed E-state index contributed by atoms with van der Waals surface area (Å²) in [5.41, 5.74) is 1.02. The lowest BCUT2D eigenvalue weighted by Crippen LogP contribution is -2.58. The molecule has 1 aromatic carbocycles. The Morgan fingerprint density at radius 3 is 2.32 bits per heavy atom. The first-order valence-electron chi connectivity index (χ1n) is 17.7. The molecular formula is C37H54N2O8. The molecule has 10 nitrogen and oxygen atoms in total. The Morgan fingerprint density at radius 2 is 1.60 bits per heavy atom. The van der Waals surface area contributed by atoms with Crippen LogP contribution in [-0.4, -0.2) is 62.4 Å². The van der Waals surface area contributed by atoms with Crippen LogP contribution in [0.4, 0.5) is 0 Å². The van der Waals surface area contributed by atoms with Crippen LogP contribution >= 0.6 is 0 Å². The Bertz CT molecular complexity index is 1330. The maximum absolute atomic E-state index is 12.9. The van der Waals surface area contributed by atoms with E-state index in [1.807, 2.05) is 0 Å². The standard InChI is InChI=1S/C37H54N2O8/c1-21(7-11-32(43)39-29(35(46)47)10-12-31(42)38-20-22-5-4-6-23(17-22)34(44)45)26-8-9-27-33-28(14-16-37(26,27)3)36(2)15-13-25(40)18-24(36)19-30(33)41/h4-6,17,21,24-30,33,40-41H,7-16,18-20H2,1-3H3,(H,38,42)(H,39,43)(H,44,45)(H,46,47)/t21-,24-,25-,26-,27+,28+,29+,30-,33+,36+,37-/m1/s1. The first-order valence-corrected chi connectivity index (χ1v) is 17.7. The van der Waals surface area contributed by atoms with Crippen molar-refractivity contribution >= 4 is 23.8 Å². The van der Waals surface area contributed by atoms with Gasteiger partial charge in [0.1, 0.15) is 6.04 Å². The number of aliphatic hydroxyl groups is 2. The number of aliphatic carboxylic acids is 1. The number of carboxylic acids is 2. The molecule has 4 fully saturated rings. The smallest absolute Gasteiger partial charge is 0.335 e. The van der Waals surface area contributed by atoms with E-state index in [9.17, 15) is 34.5 Å². The molecule has 260 valence electrons. The van der Waals surface area contributed by atoms with Crippen molar-refractivity contribution in [3.05, 3.63) is 35.4 Å². The fourth-order valence-electron chi connectivity index (χ4n) is 10.6. The summed E-state index contributed by atoms with van der Waals surface area (Å²) in [5, 5.41) is 46.0. The fraction of sp³-hybridized carbons (Fsp3) is 0.730. The van der Waals surface area contributed by atoms with Crippen molar-refractivity contribution in [2.24, 2.45) is 46.3 Å². The molecule has 4 aliphatic rings. The highest BCUT2D eigenvalue weighted by atomic mass is 16.4. The summed E-state index contributed by atoms with van der Waals surface area (Å²) in [6.07, 6.45) is 8.02. The van der Waals surface area contributed by atoms with Crippen LogP contribution in [-0.2, 0) is 20.9 Å². The molecule has 0 spiro atoms. The summed E-state index contributed by atoms with van der Waals surface area (Å²) in [5.74, 6) is -0.654. The second-order valence-electron chi connectivity index (χ2n) is 15.7. The summed E-state index contributed by atoms with van der Waals surface area (Å²) < 4.78 is 0.